The normalized spacial score (nSPS) is 70.4. The SMILES string of the molecule is CC1=CC2CC1C1C3CC(C21)C1C2CC(C4C5CC(C6C(=O)OC(=O)C56)C24)C31. The van der Waals surface area contributed by atoms with E-state index in [9.17, 15) is 9.59 Å². The summed E-state index contributed by atoms with van der Waals surface area (Å²) in [6, 6.07) is 0. The lowest BCUT2D eigenvalue weighted by Crippen LogP contribution is -2.49. The summed E-state index contributed by atoms with van der Waals surface area (Å²) in [6.07, 6.45) is 8.24. The first kappa shape index (κ1) is 14.8. The highest BCUT2D eigenvalue weighted by Crippen LogP contribution is 2.82. The van der Waals surface area contributed by atoms with Gasteiger partial charge in [0.2, 0.25) is 0 Å². The predicted molar refractivity (Wildman–Crippen MR) is 99.2 cm³/mol. The first-order valence-electron chi connectivity index (χ1n) is 12.1. The van der Waals surface area contributed by atoms with E-state index in [0.717, 1.165) is 77.4 Å². The molecule has 28 heavy (non-hydrogen) atoms. The summed E-state index contributed by atoms with van der Waals surface area (Å²) >= 11 is 0. The molecule has 146 valence electrons. The van der Waals surface area contributed by atoms with Gasteiger partial charge in [0.1, 0.15) is 0 Å². The number of cyclic esters (lactones) is 2. The number of fused-ring (bicyclic) bond motifs is 26. The van der Waals surface area contributed by atoms with Gasteiger partial charge in [-0.05, 0) is 115 Å². The summed E-state index contributed by atoms with van der Waals surface area (Å²) in [7, 11) is 0. The van der Waals surface area contributed by atoms with Crippen LogP contribution in [0.15, 0.2) is 11.6 Å². The molecule has 1 saturated heterocycles. The lowest BCUT2D eigenvalue weighted by molar-refractivity contribution is -0.154. The summed E-state index contributed by atoms with van der Waals surface area (Å²) in [5.41, 5.74) is 1.71. The van der Waals surface area contributed by atoms with Crippen LogP contribution in [-0.2, 0) is 14.3 Å². The molecule has 3 heteroatoms. The number of hydrogen-bond acceptors (Lipinski definition) is 3. The van der Waals surface area contributed by atoms with E-state index in [1.807, 2.05) is 0 Å². The van der Waals surface area contributed by atoms with E-state index in [4.69, 9.17) is 4.74 Å². The Morgan fingerprint density at radius 3 is 1.82 bits per heavy atom. The molecule has 1 heterocycles. The molecule has 8 aliphatic carbocycles. The van der Waals surface area contributed by atoms with E-state index in [-0.39, 0.29) is 23.8 Å². The fourth-order valence-corrected chi connectivity index (χ4v) is 12.8. The number of carbonyl (C=O) groups is 2. The van der Waals surface area contributed by atoms with Gasteiger partial charge in [0, 0.05) is 0 Å². The molecule has 16 unspecified atom stereocenters. The number of ether oxygens (including phenoxy) is 1. The monoisotopic (exact) mass is 376 g/mol. The predicted octanol–water partition coefficient (Wildman–Crippen LogP) is 3.54. The van der Waals surface area contributed by atoms with Gasteiger partial charge in [-0.3, -0.25) is 9.59 Å². The van der Waals surface area contributed by atoms with Crippen LogP contribution in [0.4, 0.5) is 0 Å². The van der Waals surface area contributed by atoms with E-state index in [1.165, 1.54) is 19.3 Å². The van der Waals surface area contributed by atoms with Crippen molar-refractivity contribution in [3.8, 4) is 0 Å². The second kappa shape index (κ2) is 4.18. The summed E-state index contributed by atoms with van der Waals surface area (Å²) in [5.74, 6) is 11.5. The van der Waals surface area contributed by atoms with Gasteiger partial charge in [-0.2, -0.15) is 0 Å². The van der Waals surface area contributed by atoms with Crippen molar-refractivity contribution in [1.82, 2.24) is 0 Å². The highest BCUT2D eigenvalue weighted by Gasteiger charge is 2.79. The molecular formula is C25H28O3. The zero-order chi connectivity index (χ0) is 18.2. The number of carbonyl (C=O) groups excluding carboxylic acids is 2. The molecule has 7 saturated carbocycles. The number of esters is 2. The van der Waals surface area contributed by atoms with Gasteiger partial charge in [0.15, 0.2) is 0 Å². The van der Waals surface area contributed by atoms with E-state index in [1.54, 1.807) is 5.57 Å². The van der Waals surface area contributed by atoms with Crippen molar-refractivity contribution < 1.29 is 14.3 Å². The van der Waals surface area contributed by atoms with E-state index in [0.29, 0.717) is 11.8 Å². The second-order valence-corrected chi connectivity index (χ2v) is 12.4. The Hall–Kier alpha value is -1.12. The molecule has 8 bridgehead atoms. The van der Waals surface area contributed by atoms with Crippen LogP contribution >= 0.6 is 0 Å². The molecule has 9 aliphatic rings. The molecule has 0 N–H and O–H groups in total. The fourth-order valence-electron chi connectivity index (χ4n) is 12.8. The minimum Gasteiger partial charge on any atom is -0.393 e. The van der Waals surface area contributed by atoms with Crippen molar-refractivity contribution in [3.05, 3.63) is 11.6 Å². The Bertz CT molecular complexity index is 903. The lowest BCUT2D eigenvalue weighted by Gasteiger charge is -2.50. The smallest absolute Gasteiger partial charge is 0.317 e. The zero-order valence-electron chi connectivity index (χ0n) is 16.4. The molecule has 8 fully saturated rings. The quantitative estimate of drug-likeness (QED) is 0.281. The molecule has 0 aromatic heterocycles. The first-order chi connectivity index (χ1) is 13.6. The van der Waals surface area contributed by atoms with Gasteiger partial charge >= 0.3 is 11.9 Å². The third-order valence-corrected chi connectivity index (χ3v) is 12.5. The van der Waals surface area contributed by atoms with Gasteiger partial charge in [0.25, 0.3) is 0 Å². The van der Waals surface area contributed by atoms with Crippen LogP contribution in [0, 0.1) is 94.7 Å². The molecule has 0 amide bonds. The number of rotatable bonds is 0. The molecule has 0 aromatic carbocycles. The Balaban J connectivity index is 1.13. The maximum absolute atomic E-state index is 12.4. The van der Waals surface area contributed by atoms with E-state index < -0.39 is 0 Å². The van der Waals surface area contributed by atoms with Crippen LogP contribution in [0.2, 0.25) is 0 Å². The summed E-state index contributed by atoms with van der Waals surface area (Å²) in [4.78, 5) is 24.9. The first-order valence-corrected chi connectivity index (χ1v) is 12.1. The topological polar surface area (TPSA) is 43.4 Å². The van der Waals surface area contributed by atoms with E-state index in [2.05, 4.69) is 13.0 Å². The number of allylic oxidation sites excluding steroid dienone is 2. The maximum Gasteiger partial charge on any atom is 0.317 e. The molecule has 16 atom stereocenters. The third kappa shape index (κ3) is 1.24. The highest BCUT2D eigenvalue weighted by atomic mass is 16.6. The molecule has 0 aromatic rings. The van der Waals surface area contributed by atoms with Crippen molar-refractivity contribution in [1.29, 1.82) is 0 Å². The summed E-state index contributed by atoms with van der Waals surface area (Å²) in [6.45, 7) is 2.40. The largest absolute Gasteiger partial charge is 0.393 e. The van der Waals surface area contributed by atoms with E-state index >= 15 is 0 Å². The Kier molecular flexibility index (Phi) is 2.21. The standard InChI is InChI=1S/C25H28O3/c1-7-2-8-3-9(7)17-11-4-10(16(8)17)18-12-5-13(19(11)18)21-15-6-14(20(12)21)22-23(15)25(27)28-24(22)26/h2,8-23H,3-6H2,1H3. The van der Waals surface area contributed by atoms with Gasteiger partial charge < -0.3 is 4.74 Å². The van der Waals surface area contributed by atoms with Crippen molar-refractivity contribution in [2.45, 2.75) is 32.6 Å². The Labute approximate surface area is 165 Å². The van der Waals surface area contributed by atoms with Crippen LogP contribution in [0.3, 0.4) is 0 Å². The van der Waals surface area contributed by atoms with Crippen LogP contribution in [0.1, 0.15) is 32.6 Å². The number of hydrogen-bond donors (Lipinski definition) is 0. The minimum atomic E-state index is -0.165. The third-order valence-electron chi connectivity index (χ3n) is 12.5. The van der Waals surface area contributed by atoms with Gasteiger partial charge in [0.05, 0.1) is 11.8 Å². The van der Waals surface area contributed by atoms with Crippen molar-refractivity contribution >= 4 is 11.9 Å². The molecular weight excluding hydrogens is 348 g/mol. The Morgan fingerprint density at radius 1 is 0.679 bits per heavy atom. The average molecular weight is 376 g/mol. The van der Waals surface area contributed by atoms with Gasteiger partial charge in [-0.1, -0.05) is 11.6 Å². The molecule has 0 radical (unpaired) electrons. The van der Waals surface area contributed by atoms with Crippen molar-refractivity contribution in [3.63, 3.8) is 0 Å². The van der Waals surface area contributed by atoms with Crippen molar-refractivity contribution in [2.24, 2.45) is 94.7 Å². The minimum absolute atomic E-state index is 0.0593. The maximum atomic E-state index is 12.4. The van der Waals surface area contributed by atoms with Crippen LogP contribution in [-0.4, -0.2) is 11.9 Å². The van der Waals surface area contributed by atoms with Crippen LogP contribution < -0.4 is 0 Å². The highest BCUT2D eigenvalue weighted by molar-refractivity contribution is 5.97. The van der Waals surface area contributed by atoms with Gasteiger partial charge in [-0.15, -0.1) is 0 Å². The summed E-state index contributed by atoms with van der Waals surface area (Å²) in [5, 5.41) is 0. The second-order valence-electron chi connectivity index (χ2n) is 12.4. The molecule has 1 aliphatic heterocycles. The Morgan fingerprint density at radius 2 is 1.18 bits per heavy atom. The molecule has 9 rings (SSSR count). The van der Waals surface area contributed by atoms with Crippen LogP contribution in [0.25, 0.3) is 0 Å². The fraction of sp³-hybridized carbons (Fsp3) is 0.840. The van der Waals surface area contributed by atoms with Crippen LogP contribution in [0.5, 0.6) is 0 Å². The van der Waals surface area contributed by atoms with Crippen molar-refractivity contribution in [2.75, 3.05) is 0 Å². The molecule has 3 nitrogen and oxygen atoms in total. The lowest BCUT2D eigenvalue weighted by atomic mass is 9.53. The zero-order valence-corrected chi connectivity index (χ0v) is 16.4. The average Bonchev–Trinajstić information content (AvgIpc) is 3.48. The van der Waals surface area contributed by atoms with Gasteiger partial charge in [-0.25, -0.2) is 0 Å². The summed E-state index contributed by atoms with van der Waals surface area (Å²) < 4.78 is 5.14. The molecule has 0 spiro atoms.